The molecular weight excluding hydrogens is 334 g/mol. The summed E-state index contributed by atoms with van der Waals surface area (Å²) < 4.78 is 6.35. The van der Waals surface area contributed by atoms with Crippen LogP contribution < -0.4 is 10.5 Å². The summed E-state index contributed by atoms with van der Waals surface area (Å²) >= 11 is 9.30. The van der Waals surface area contributed by atoms with Crippen LogP contribution in [-0.4, -0.2) is 11.1 Å². The number of carbonyl (C=O) groups is 1. The van der Waals surface area contributed by atoms with Crippen molar-refractivity contribution in [2.75, 3.05) is 5.73 Å². The van der Waals surface area contributed by atoms with Gasteiger partial charge in [-0.15, -0.1) is 0 Å². The maximum absolute atomic E-state index is 11.0. The van der Waals surface area contributed by atoms with Crippen LogP contribution in [0.2, 0.25) is 5.02 Å². The average molecular weight is 343 g/mol. The Hall–Kier alpha value is -1.72. The molecule has 19 heavy (non-hydrogen) atoms. The molecule has 0 unspecified atom stereocenters. The highest BCUT2D eigenvalue weighted by atomic mass is 79.9. The van der Waals surface area contributed by atoms with E-state index >= 15 is 0 Å². The lowest BCUT2D eigenvalue weighted by atomic mass is 10.1. The molecule has 0 spiro atoms. The number of carboxylic acid groups (broad SMARTS) is 1. The monoisotopic (exact) mass is 341 g/mol. The Bertz CT molecular complexity index is 646. The molecule has 2 rings (SSSR count). The Kier molecular flexibility index (Phi) is 3.97. The molecule has 0 fully saturated rings. The number of ether oxygens (including phenoxy) is 1. The minimum Gasteiger partial charge on any atom is -0.478 e. The van der Waals surface area contributed by atoms with E-state index in [2.05, 4.69) is 15.9 Å². The van der Waals surface area contributed by atoms with Gasteiger partial charge in [-0.25, -0.2) is 4.79 Å². The first-order valence-corrected chi connectivity index (χ1v) is 6.41. The van der Waals surface area contributed by atoms with Crippen molar-refractivity contribution < 1.29 is 14.6 Å². The van der Waals surface area contributed by atoms with Gasteiger partial charge in [0.05, 0.1) is 16.3 Å². The fourth-order valence-corrected chi connectivity index (χ4v) is 1.99. The zero-order valence-electron chi connectivity index (χ0n) is 9.56. The minimum absolute atomic E-state index is 0.0105. The quantitative estimate of drug-likeness (QED) is 0.821. The summed E-state index contributed by atoms with van der Waals surface area (Å²) in [5.41, 5.74) is 5.81. The van der Waals surface area contributed by atoms with E-state index in [0.717, 1.165) is 4.47 Å². The predicted molar refractivity (Wildman–Crippen MR) is 77.0 cm³/mol. The molecule has 2 aromatic carbocycles. The van der Waals surface area contributed by atoms with Crippen LogP contribution in [0.15, 0.2) is 40.9 Å². The molecule has 2 aromatic rings. The fraction of sp³-hybridized carbons (Fsp3) is 0. The summed E-state index contributed by atoms with van der Waals surface area (Å²) in [5.74, 6) is -0.464. The summed E-state index contributed by atoms with van der Waals surface area (Å²) in [6.45, 7) is 0. The van der Waals surface area contributed by atoms with E-state index < -0.39 is 5.97 Å². The highest BCUT2D eigenvalue weighted by molar-refractivity contribution is 9.10. The van der Waals surface area contributed by atoms with Gasteiger partial charge in [-0.3, -0.25) is 0 Å². The maximum Gasteiger partial charge on any atom is 0.337 e. The zero-order valence-corrected chi connectivity index (χ0v) is 11.9. The molecule has 0 saturated carbocycles. The van der Waals surface area contributed by atoms with Crippen LogP contribution in [0.1, 0.15) is 10.4 Å². The van der Waals surface area contributed by atoms with E-state index in [9.17, 15) is 4.79 Å². The summed E-state index contributed by atoms with van der Waals surface area (Å²) in [5, 5.41) is 9.39. The number of hydrogen-bond donors (Lipinski definition) is 2. The predicted octanol–water partition coefficient (Wildman–Crippen LogP) is 4.18. The number of para-hydroxylation sites is 1. The van der Waals surface area contributed by atoms with E-state index in [-0.39, 0.29) is 17.0 Å². The van der Waals surface area contributed by atoms with E-state index in [4.69, 9.17) is 27.2 Å². The molecule has 0 aliphatic rings. The second-order valence-electron chi connectivity index (χ2n) is 3.70. The van der Waals surface area contributed by atoms with Crippen molar-refractivity contribution in [1.29, 1.82) is 0 Å². The number of hydrogen-bond acceptors (Lipinski definition) is 3. The van der Waals surface area contributed by atoms with Crippen molar-refractivity contribution in [3.63, 3.8) is 0 Å². The maximum atomic E-state index is 11.0. The van der Waals surface area contributed by atoms with Crippen LogP contribution in [-0.2, 0) is 0 Å². The average Bonchev–Trinajstić information content (AvgIpc) is 2.36. The SMILES string of the molecule is Nc1c(Oc2cc(Br)ccc2Cl)cccc1C(=O)O. The lowest BCUT2D eigenvalue weighted by molar-refractivity contribution is 0.0698. The van der Waals surface area contributed by atoms with Crippen molar-refractivity contribution in [2.45, 2.75) is 0 Å². The number of anilines is 1. The summed E-state index contributed by atoms with van der Waals surface area (Å²) in [4.78, 5) is 11.0. The Balaban J connectivity index is 2.41. The van der Waals surface area contributed by atoms with Crippen molar-refractivity contribution in [1.82, 2.24) is 0 Å². The molecular formula is C13H9BrClNO3. The van der Waals surface area contributed by atoms with Crippen LogP contribution in [0.4, 0.5) is 5.69 Å². The molecule has 0 radical (unpaired) electrons. The fourth-order valence-electron chi connectivity index (χ4n) is 1.49. The molecule has 0 bridgehead atoms. The van der Waals surface area contributed by atoms with Crippen LogP contribution in [0.5, 0.6) is 11.5 Å². The molecule has 0 aromatic heterocycles. The summed E-state index contributed by atoms with van der Waals surface area (Å²) in [7, 11) is 0. The van der Waals surface area contributed by atoms with Crippen molar-refractivity contribution in [2.24, 2.45) is 0 Å². The second kappa shape index (κ2) is 5.50. The number of aromatic carboxylic acids is 1. The highest BCUT2D eigenvalue weighted by Crippen LogP contribution is 2.35. The Morgan fingerprint density at radius 3 is 2.68 bits per heavy atom. The smallest absolute Gasteiger partial charge is 0.337 e. The van der Waals surface area contributed by atoms with Crippen LogP contribution in [0, 0.1) is 0 Å². The molecule has 0 aliphatic carbocycles. The standard InChI is InChI=1S/C13H9BrClNO3/c14-7-4-5-9(15)11(6-7)19-10-3-1-2-8(12(10)16)13(17)18/h1-6H,16H2,(H,17,18). The van der Waals surface area contributed by atoms with Gasteiger partial charge in [0.2, 0.25) is 0 Å². The zero-order chi connectivity index (χ0) is 14.0. The van der Waals surface area contributed by atoms with E-state index in [0.29, 0.717) is 10.8 Å². The van der Waals surface area contributed by atoms with E-state index in [1.54, 1.807) is 30.3 Å². The number of benzene rings is 2. The van der Waals surface area contributed by atoms with Crippen molar-refractivity contribution in [3.05, 3.63) is 51.5 Å². The third-order valence-corrected chi connectivity index (χ3v) is 3.22. The molecule has 0 amide bonds. The van der Waals surface area contributed by atoms with Crippen molar-refractivity contribution in [3.8, 4) is 11.5 Å². The molecule has 3 N–H and O–H groups in total. The normalized spacial score (nSPS) is 10.2. The van der Waals surface area contributed by atoms with E-state index in [1.165, 1.54) is 6.07 Å². The second-order valence-corrected chi connectivity index (χ2v) is 5.02. The van der Waals surface area contributed by atoms with Gasteiger partial charge in [0, 0.05) is 4.47 Å². The van der Waals surface area contributed by atoms with Crippen LogP contribution in [0.3, 0.4) is 0 Å². The largest absolute Gasteiger partial charge is 0.478 e. The van der Waals surface area contributed by atoms with Gasteiger partial charge in [-0.05, 0) is 30.3 Å². The lowest BCUT2D eigenvalue weighted by Gasteiger charge is -2.11. The van der Waals surface area contributed by atoms with Crippen molar-refractivity contribution >= 4 is 39.2 Å². The number of nitrogen functional groups attached to an aromatic ring is 1. The third-order valence-electron chi connectivity index (χ3n) is 2.41. The lowest BCUT2D eigenvalue weighted by Crippen LogP contribution is -2.03. The Morgan fingerprint density at radius 1 is 1.26 bits per heavy atom. The van der Waals surface area contributed by atoms with Gasteiger partial charge in [0.1, 0.15) is 5.75 Å². The number of carboxylic acids is 1. The molecule has 6 heteroatoms. The molecule has 0 heterocycles. The highest BCUT2D eigenvalue weighted by Gasteiger charge is 2.13. The van der Waals surface area contributed by atoms with Gasteiger partial charge in [0.15, 0.2) is 5.75 Å². The van der Waals surface area contributed by atoms with Gasteiger partial charge >= 0.3 is 5.97 Å². The van der Waals surface area contributed by atoms with E-state index in [1.807, 2.05) is 0 Å². The third kappa shape index (κ3) is 3.00. The molecule has 0 saturated heterocycles. The van der Waals surface area contributed by atoms with Crippen LogP contribution >= 0.6 is 27.5 Å². The molecule has 0 aliphatic heterocycles. The topological polar surface area (TPSA) is 72.5 Å². The van der Waals surface area contributed by atoms with Gasteiger partial charge in [-0.1, -0.05) is 33.6 Å². The first kappa shape index (κ1) is 13.7. The number of nitrogens with two attached hydrogens (primary N) is 1. The van der Waals surface area contributed by atoms with Crippen LogP contribution in [0.25, 0.3) is 0 Å². The van der Waals surface area contributed by atoms with Gasteiger partial charge < -0.3 is 15.6 Å². The summed E-state index contributed by atoms with van der Waals surface area (Å²) in [6, 6.07) is 9.66. The van der Waals surface area contributed by atoms with Gasteiger partial charge in [0.25, 0.3) is 0 Å². The Labute approximate surface area is 122 Å². The molecule has 0 atom stereocenters. The Morgan fingerprint density at radius 2 is 2.00 bits per heavy atom. The summed E-state index contributed by atoms with van der Waals surface area (Å²) in [6.07, 6.45) is 0. The molecule has 98 valence electrons. The first-order valence-electron chi connectivity index (χ1n) is 5.23. The molecule has 4 nitrogen and oxygen atoms in total. The minimum atomic E-state index is -1.11. The number of halogens is 2. The first-order chi connectivity index (χ1) is 8.99. The van der Waals surface area contributed by atoms with Gasteiger partial charge in [-0.2, -0.15) is 0 Å². The number of rotatable bonds is 3.